The number of aromatic nitrogens is 3. The minimum Gasteiger partial charge on any atom is -0.394 e. The Labute approximate surface area is 160 Å². The molecule has 1 fully saturated rings. The van der Waals surface area contributed by atoms with Crippen LogP contribution in [0.15, 0.2) is 30.6 Å². The molecule has 3 rings (SSSR count). The normalized spacial score (nSPS) is 16.9. The van der Waals surface area contributed by atoms with E-state index in [4.69, 9.17) is 0 Å². The number of rotatable bonds is 8. The minimum absolute atomic E-state index is 0.0205. The summed E-state index contributed by atoms with van der Waals surface area (Å²) < 4.78 is 0. The summed E-state index contributed by atoms with van der Waals surface area (Å²) in [6.07, 6.45) is 3.53. The van der Waals surface area contributed by atoms with Gasteiger partial charge in [0.15, 0.2) is 0 Å². The van der Waals surface area contributed by atoms with Crippen molar-refractivity contribution in [2.24, 2.45) is 0 Å². The fourth-order valence-electron chi connectivity index (χ4n) is 2.94. The molecular weight excluding hydrogens is 342 g/mol. The molecule has 8 heteroatoms. The Morgan fingerprint density at radius 1 is 1.22 bits per heavy atom. The van der Waals surface area contributed by atoms with Crippen molar-refractivity contribution in [2.45, 2.75) is 13.0 Å². The van der Waals surface area contributed by atoms with Crippen molar-refractivity contribution in [1.82, 2.24) is 24.8 Å². The predicted molar refractivity (Wildman–Crippen MR) is 108 cm³/mol. The first-order valence-corrected chi connectivity index (χ1v) is 9.45. The van der Waals surface area contributed by atoms with Crippen LogP contribution in [-0.2, 0) is 0 Å². The van der Waals surface area contributed by atoms with Gasteiger partial charge in [-0.25, -0.2) is 4.98 Å². The molecule has 0 spiro atoms. The quantitative estimate of drug-likeness (QED) is 0.633. The molecule has 3 N–H and O–H groups in total. The number of piperazine rings is 1. The van der Waals surface area contributed by atoms with E-state index in [1.54, 1.807) is 12.4 Å². The van der Waals surface area contributed by atoms with Gasteiger partial charge in [0.1, 0.15) is 5.82 Å². The van der Waals surface area contributed by atoms with Crippen molar-refractivity contribution in [3.8, 4) is 11.3 Å². The van der Waals surface area contributed by atoms with Gasteiger partial charge in [-0.3, -0.25) is 9.88 Å². The van der Waals surface area contributed by atoms with Gasteiger partial charge in [0.05, 0.1) is 12.3 Å². The maximum atomic E-state index is 9.30. The van der Waals surface area contributed by atoms with E-state index in [-0.39, 0.29) is 12.6 Å². The summed E-state index contributed by atoms with van der Waals surface area (Å²) in [7, 11) is 2.17. The third-order valence-corrected chi connectivity index (χ3v) is 4.66. The summed E-state index contributed by atoms with van der Waals surface area (Å²) in [6, 6.07) is 5.69. The largest absolute Gasteiger partial charge is 0.394 e. The molecule has 1 aliphatic heterocycles. The standard InChI is InChI=1S/C19H29N7O/c1-15(14-27)22-19-23-17(16-4-3-5-20-13-16)12-18(24-19)21-6-7-26-10-8-25(2)9-11-26/h3-5,12-13,15,27H,6-11,14H2,1-2H3,(H2,21,22,23,24)/t15-/m0/s1. The molecule has 2 aromatic heterocycles. The fraction of sp³-hybridized carbons (Fsp3) is 0.526. The van der Waals surface area contributed by atoms with Gasteiger partial charge in [0, 0.05) is 69.3 Å². The number of anilines is 2. The molecule has 0 radical (unpaired) electrons. The highest BCUT2D eigenvalue weighted by atomic mass is 16.3. The third-order valence-electron chi connectivity index (χ3n) is 4.66. The predicted octanol–water partition coefficient (Wildman–Crippen LogP) is 0.991. The first-order chi connectivity index (χ1) is 13.1. The Morgan fingerprint density at radius 2 is 2.04 bits per heavy atom. The first-order valence-electron chi connectivity index (χ1n) is 9.45. The maximum absolute atomic E-state index is 9.30. The van der Waals surface area contributed by atoms with Crippen LogP contribution in [0.4, 0.5) is 11.8 Å². The van der Waals surface area contributed by atoms with Gasteiger partial charge in [-0.15, -0.1) is 0 Å². The molecule has 2 aromatic rings. The Hall–Kier alpha value is -2.29. The molecule has 146 valence electrons. The minimum atomic E-state index is -0.118. The van der Waals surface area contributed by atoms with E-state index in [1.807, 2.05) is 25.1 Å². The van der Waals surface area contributed by atoms with Crippen LogP contribution in [0.5, 0.6) is 0 Å². The van der Waals surface area contributed by atoms with Crippen LogP contribution in [0.3, 0.4) is 0 Å². The number of nitrogens with one attached hydrogen (secondary N) is 2. The van der Waals surface area contributed by atoms with E-state index < -0.39 is 0 Å². The highest BCUT2D eigenvalue weighted by molar-refractivity contribution is 5.63. The number of nitrogens with zero attached hydrogens (tertiary/aromatic N) is 5. The Bertz CT molecular complexity index is 704. The van der Waals surface area contributed by atoms with Gasteiger partial charge in [-0.2, -0.15) is 4.98 Å². The summed E-state index contributed by atoms with van der Waals surface area (Å²) in [5.74, 6) is 1.27. The molecule has 0 saturated carbocycles. The Morgan fingerprint density at radius 3 is 2.74 bits per heavy atom. The molecule has 1 saturated heterocycles. The second-order valence-corrected chi connectivity index (χ2v) is 7.00. The number of hydrogen-bond acceptors (Lipinski definition) is 8. The zero-order valence-corrected chi connectivity index (χ0v) is 16.1. The number of hydrogen-bond donors (Lipinski definition) is 3. The smallest absolute Gasteiger partial charge is 0.225 e. The van der Waals surface area contributed by atoms with E-state index in [1.165, 1.54) is 0 Å². The molecule has 0 bridgehead atoms. The van der Waals surface area contributed by atoms with Crippen LogP contribution in [0.25, 0.3) is 11.3 Å². The van der Waals surface area contributed by atoms with Gasteiger partial charge < -0.3 is 20.6 Å². The van der Waals surface area contributed by atoms with Gasteiger partial charge in [-0.05, 0) is 26.1 Å². The van der Waals surface area contributed by atoms with Crippen molar-refractivity contribution < 1.29 is 5.11 Å². The van der Waals surface area contributed by atoms with Crippen LogP contribution >= 0.6 is 0 Å². The van der Waals surface area contributed by atoms with Crippen molar-refractivity contribution in [1.29, 1.82) is 0 Å². The van der Waals surface area contributed by atoms with E-state index in [0.29, 0.717) is 5.95 Å². The molecule has 0 aromatic carbocycles. The molecule has 1 aliphatic rings. The van der Waals surface area contributed by atoms with Crippen molar-refractivity contribution in [3.63, 3.8) is 0 Å². The molecular formula is C19H29N7O. The Kier molecular flexibility index (Phi) is 6.92. The van der Waals surface area contributed by atoms with Gasteiger partial charge in [0.2, 0.25) is 5.95 Å². The van der Waals surface area contributed by atoms with E-state index >= 15 is 0 Å². The zero-order chi connectivity index (χ0) is 19.1. The van der Waals surface area contributed by atoms with E-state index in [2.05, 4.69) is 42.4 Å². The molecule has 1 atom stereocenters. The highest BCUT2D eigenvalue weighted by Crippen LogP contribution is 2.21. The number of aliphatic hydroxyl groups excluding tert-OH is 1. The number of likely N-dealkylation sites (N-methyl/N-ethyl adjacent to an activating group) is 1. The van der Waals surface area contributed by atoms with Crippen LogP contribution in [0.2, 0.25) is 0 Å². The van der Waals surface area contributed by atoms with Crippen molar-refractivity contribution in [3.05, 3.63) is 30.6 Å². The second kappa shape index (κ2) is 9.59. The van der Waals surface area contributed by atoms with Gasteiger partial charge >= 0.3 is 0 Å². The maximum Gasteiger partial charge on any atom is 0.225 e. The number of aliphatic hydroxyl groups is 1. The Balaban J connectivity index is 1.68. The fourth-order valence-corrected chi connectivity index (χ4v) is 2.94. The van der Waals surface area contributed by atoms with Crippen LogP contribution in [-0.4, -0.2) is 88.8 Å². The molecule has 0 amide bonds. The van der Waals surface area contributed by atoms with Crippen LogP contribution in [0.1, 0.15) is 6.92 Å². The first kappa shape index (κ1) is 19.5. The summed E-state index contributed by atoms with van der Waals surface area (Å²) in [6.45, 7) is 8.15. The zero-order valence-electron chi connectivity index (χ0n) is 16.1. The lowest BCUT2D eigenvalue weighted by Crippen LogP contribution is -2.45. The lowest BCUT2D eigenvalue weighted by Gasteiger charge is -2.32. The SMILES string of the molecule is C[C@@H](CO)Nc1nc(NCCN2CCN(C)CC2)cc(-c2cccnc2)n1. The second-order valence-electron chi connectivity index (χ2n) is 7.00. The lowest BCUT2D eigenvalue weighted by atomic mass is 10.2. The highest BCUT2D eigenvalue weighted by Gasteiger charge is 2.13. The molecule has 0 unspecified atom stereocenters. The van der Waals surface area contributed by atoms with Gasteiger partial charge in [0.25, 0.3) is 0 Å². The third kappa shape index (κ3) is 5.85. The average Bonchev–Trinajstić information content (AvgIpc) is 2.70. The van der Waals surface area contributed by atoms with E-state index in [9.17, 15) is 5.11 Å². The molecule has 8 nitrogen and oxygen atoms in total. The van der Waals surface area contributed by atoms with Crippen molar-refractivity contribution in [2.75, 3.05) is 63.6 Å². The molecule has 27 heavy (non-hydrogen) atoms. The lowest BCUT2D eigenvalue weighted by molar-refractivity contribution is 0.158. The average molecular weight is 371 g/mol. The summed E-state index contributed by atoms with van der Waals surface area (Å²) >= 11 is 0. The topological polar surface area (TPSA) is 89.4 Å². The summed E-state index contributed by atoms with van der Waals surface area (Å²) in [5, 5.41) is 15.9. The number of pyridine rings is 1. The summed E-state index contributed by atoms with van der Waals surface area (Å²) in [4.78, 5) is 18.1. The van der Waals surface area contributed by atoms with Gasteiger partial charge in [-0.1, -0.05) is 0 Å². The van der Waals surface area contributed by atoms with Crippen LogP contribution < -0.4 is 10.6 Å². The monoisotopic (exact) mass is 371 g/mol. The summed E-state index contributed by atoms with van der Waals surface area (Å²) in [5.41, 5.74) is 1.73. The van der Waals surface area contributed by atoms with E-state index in [0.717, 1.165) is 56.3 Å². The molecule has 3 heterocycles. The molecule has 0 aliphatic carbocycles. The van der Waals surface area contributed by atoms with Crippen molar-refractivity contribution >= 4 is 11.8 Å². The van der Waals surface area contributed by atoms with Crippen LogP contribution in [0, 0.1) is 0 Å².